The molecule has 15 heteroatoms. The van der Waals surface area contributed by atoms with E-state index >= 15 is 0 Å². The number of aliphatic hydroxyl groups excluding tert-OH is 1. The van der Waals surface area contributed by atoms with Crippen LogP contribution in [0.15, 0.2) is 24.0 Å². The number of carbonyl (C=O) groups is 1. The van der Waals surface area contributed by atoms with Gasteiger partial charge in [0.25, 0.3) is 0 Å². The monoisotopic (exact) mass is 574 g/mol. The summed E-state index contributed by atoms with van der Waals surface area (Å²) in [6.45, 7) is 8.42. The first kappa shape index (κ1) is 29.4. The van der Waals surface area contributed by atoms with Crippen LogP contribution in [0.2, 0.25) is 0 Å². The van der Waals surface area contributed by atoms with Crippen LogP contribution in [0.3, 0.4) is 0 Å². The maximum Gasteiger partial charge on any atom is 0.333 e. The molecule has 1 saturated heterocycles. The van der Waals surface area contributed by atoms with Crippen LogP contribution in [-0.4, -0.2) is 83.8 Å². The van der Waals surface area contributed by atoms with Gasteiger partial charge in [0.2, 0.25) is 14.7 Å². The Hall–Kier alpha value is 0.344. The fraction of sp³-hybridized carbons (Fsp3) is 0.625. The zero-order valence-electron chi connectivity index (χ0n) is 18.1. The second-order valence-electron chi connectivity index (χ2n) is 7.61. The van der Waals surface area contributed by atoms with Crippen LogP contribution in [0, 0.1) is 6.42 Å². The molecule has 4 unspecified atom stereocenters. The first-order chi connectivity index (χ1) is 13.5. The van der Waals surface area contributed by atoms with E-state index in [2.05, 4.69) is 6.58 Å². The number of likely N-dealkylation sites (N-methyl/N-ethyl adjacent to an activating group) is 1. The Bertz CT molecular complexity index is 890. The molecule has 2 heterocycles. The fourth-order valence-corrected chi connectivity index (χ4v) is 10.6. The average Bonchev–Trinajstić information content (AvgIpc) is 2.92. The van der Waals surface area contributed by atoms with Crippen LogP contribution in [0.5, 0.6) is 0 Å². The van der Waals surface area contributed by atoms with E-state index in [0.29, 0.717) is 5.70 Å². The van der Waals surface area contributed by atoms with Crippen molar-refractivity contribution in [2.45, 2.75) is 25.4 Å². The van der Waals surface area contributed by atoms with Crippen LogP contribution in [0.1, 0.15) is 6.92 Å². The third-order valence-electron chi connectivity index (χ3n) is 4.35. The topological polar surface area (TPSA) is 143 Å². The molecule has 2 N–H and O–H groups in total. The molecule has 2 aliphatic heterocycles. The van der Waals surface area contributed by atoms with Crippen LogP contribution >= 0.6 is 22.3 Å². The van der Waals surface area contributed by atoms with Crippen molar-refractivity contribution >= 4 is 28.4 Å². The summed E-state index contributed by atoms with van der Waals surface area (Å²) in [7, 11) is -9.63. The summed E-state index contributed by atoms with van der Waals surface area (Å²) in [6, 6.07) is -0.398. The van der Waals surface area contributed by atoms with Crippen molar-refractivity contribution in [3.8, 4) is 0 Å². The van der Waals surface area contributed by atoms with Crippen molar-refractivity contribution in [2.75, 3.05) is 39.6 Å². The first-order valence-corrected chi connectivity index (χ1v) is 15.5. The molecule has 0 aliphatic carbocycles. The van der Waals surface area contributed by atoms with Gasteiger partial charge in [-0.15, -0.1) is 0 Å². The number of hydrogen-bond acceptors (Lipinski definition) is 8. The quantitative estimate of drug-likeness (QED) is 0.331. The molecular weight excluding hydrogens is 546 g/mol. The van der Waals surface area contributed by atoms with Crippen LogP contribution in [0.25, 0.3) is 0 Å². The van der Waals surface area contributed by atoms with Crippen molar-refractivity contribution < 1.29 is 74.8 Å². The minimum atomic E-state index is -3.88. The van der Waals surface area contributed by atoms with Gasteiger partial charge in [0.05, 0.1) is 12.7 Å². The number of rotatable bonds is 8. The number of allylic oxidation sites excluding steroid dienone is 1. The minimum Gasteiger partial charge on any atom is -0.422 e. The molecule has 31 heavy (non-hydrogen) atoms. The molecule has 175 valence electrons. The predicted molar refractivity (Wildman–Crippen MR) is 112 cm³/mol. The standard InChI is InChI=1S/C16H28N2O9P3.Y/c1-11-8-18(16(20)17(3)12(11)2)15-7-13(19)14(26-15)9-25-30(6,24)27-29(5,23)10-28(4,21)22;/h7-8,13-15,19H,2,9-10H2,1,3-6H3,(H,21,22);/q-1;/t13?,14-,15-,29?,30?;/m1./s1. The van der Waals surface area contributed by atoms with Gasteiger partial charge in [0.15, 0.2) is 0 Å². The largest absolute Gasteiger partial charge is 0.422 e. The van der Waals surface area contributed by atoms with Gasteiger partial charge in [0, 0.05) is 77.9 Å². The van der Waals surface area contributed by atoms with E-state index in [4.69, 9.17) is 13.6 Å². The van der Waals surface area contributed by atoms with E-state index in [1.165, 1.54) is 16.2 Å². The van der Waals surface area contributed by atoms with Crippen LogP contribution in [-0.2, 0) is 60.0 Å². The van der Waals surface area contributed by atoms with E-state index < -0.39 is 52.7 Å². The van der Waals surface area contributed by atoms with Gasteiger partial charge in [-0.1, -0.05) is 6.58 Å². The van der Waals surface area contributed by atoms with E-state index in [1.807, 2.05) is 0 Å². The number of aliphatic hydroxyl groups is 1. The maximum absolute atomic E-state index is 12.5. The van der Waals surface area contributed by atoms with Crippen molar-refractivity contribution in [1.29, 1.82) is 0 Å². The second-order valence-corrected chi connectivity index (χ2v) is 15.3. The normalized spacial score (nSPS) is 30.2. The number of amides is 2. The third kappa shape index (κ3) is 8.25. The summed E-state index contributed by atoms with van der Waals surface area (Å²) >= 11 is 0. The van der Waals surface area contributed by atoms with Gasteiger partial charge in [-0.2, -0.15) is 0 Å². The Morgan fingerprint density at radius 3 is 2.42 bits per heavy atom. The number of carbonyl (C=O) groups excluding carboxylic acids is 1. The summed E-state index contributed by atoms with van der Waals surface area (Å²) in [5, 5.41) is 10.2. The Morgan fingerprint density at radius 2 is 1.87 bits per heavy atom. The Labute approximate surface area is 207 Å². The summed E-state index contributed by atoms with van der Waals surface area (Å²) in [4.78, 5) is 24.5. The summed E-state index contributed by atoms with van der Waals surface area (Å²) in [6.07, 6.45) is -0.0331. The summed E-state index contributed by atoms with van der Waals surface area (Å²) in [5.41, 5.74) is 1.28. The SMILES string of the molecule is C=C1C(C)=CN([C@H]2[CH-]C(O)[C@@H](COP(C)(=O)OP(C)(=O)CP(C)(=O)O)O2)C(=O)N1C.[Y]. The molecular formula is C16H28N2O9P3Y-. The molecule has 2 aliphatic rings. The van der Waals surface area contributed by atoms with E-state index in [-0.39, 0.29) is 39.3 Å². The number of ether oxygens (including phenoxy) is 1. The number of nitrogens with zero attached hydrogens (tertiary/aromatic N) is 2. The summed E-state index contributed by atoms with van der Waals surface area (Å²) in [5.74, 6) is -0.638. The Balaban J connectivity index is 0.00000480. The molecule has 0 aromatic rings. The molecule has 0 spiro atoms. The number of urea groups is 1. The van der Waals surface area contributed by atoms with Crippen molar-refractivity contribution in [3.63, 3.8) is 0 Å². The zero-order valence-corrected chi connectivity index (χ0v) is 23.6. The van der Waals surface area contributed by atoms with Crippen molar-refractivity contribution in [1.82, 2.24) is 9.80 Å². The summed E-state index contributed by atoms with van der Waals surface area (Å²) < 4.78 is 52.2. The minimum absolute atomic E-state index is 0. The van der Waals surface area contributed by atoms with E-state index in [9.17, 15) is 28.5 Å². The van der Waals surface area contributed by atoms with E-state index in [0.717, 1.165) is 25.6 Å². The maximum atomic E-state index is 12.5. The average molecular weight is 574 g/mol. The molecule has 0 bridgehead atoms. The van der Waals surface area contributed by atoms with Gasteiger partial charge in [-0.3, -0.25) is 22.9 Å². The van der Waals surface area contributed by atoms with Crippen molar-refractivity contribution in [2.24, 2.45) is 0 Å². The van der Waals surface area contributed by atoms with E-state index in [1.54, 1.807) is 20.2 Å². The van der Waals surface area contributed by atoms with Gasteiger partial charge in [0.1, 0.15) is 5.90 Å². The van der Waals surface area contributed by atoms with Gasteiger partial charge in [-0.25, -0.2) is 11.2 Å². The molecule has 0 aromatic heterocycles. The second kappa shape index (κ2) is 10.7. The fourth-order valence-electron chi connectivity index (χ4n) is 3.02. The third-order valence-corrected chi connectivity index (χ3v) is 11.7. The molecule has 6 atom stereocenters. The molecule has 1 fully saturated rings. The molecule has 1 radical (unpaired) electrons. The Kier molecular flexibility index (Phi) is 10.2. The Morgan fingerprint density at radius 1 is 1.29 bits per heavy atom. The molecule has 2 amide bonds. The molecule has 0 saturated carbocycles. The van der Waals surface area contributed by atoms with Gasteiger partial charge >= 0.3 is 13.6 Å². The van der Waals surface area contributed by atoms with Crippen molar-refractivity contribution in [3.05, 3.63) is 30.5 Å². The number of hydrogen-bond donors (Lipinski definition) is 2. The predicted octanol–water partition coefficient (Wildman–Crippen LogP) is 2.68. The van der Waals surface area contributed by atoms with Crippen LogP contribution < -0.4 is 0 Å². The van der Waals surface area contributed by atoms with Gasteiger partial charge in [-0.05, 0) is 18.6 Å². The van der Waals surface area contributed by atoms with Gasteiger partial charge < -0.3 is 24.2 Å². The van der Waals surface area contributed by atoms with Crippen LogP contribution in [0.4, 0.5) is 4.79 Å². The first-order valence-electron chi connectivity index (χ1n) is 8.93. The molecule has 11 nitrogen and oxygen atoms in total. The smallest absolute Gasteiger partial charge is 0.333 e. The molecule has 0 aromatic carbocycles. The molecule has 2 rings (SSSR count). The zero-order chi connectivity index (χ0) is 23.1.